The monoisotopic (exact) mass is 383 g/mol. The van der Waals surface area contributed by atoms with Crippen LogP contribution in [0.15, 0.2) is 72.9 Å². The first-order valence-corrected chi connectivity index (χ1v) is 9.55. The maximum atomic E-state index is 12.8. The smallest absolute Gasteiger partial charge is 0.255 e. The Balaban J connectivity index is 1.36. The van der Waals surface area contributed by atoms with Gasteiger partial charge in [0.25, 0.3) is 5.91 Å². The van der Waals surface area contributed by atoms with E-state index in [0.717, 1.165) is 18.8 Å². The van der Waals surface area contributed by atoms with Gasteiger partial charge < -0.3 is 15.1 Å². The van der Waals surface area contributed by atoms with E-state index in [-0.39, 0.29) is 5.91 Å². The number of nitrogens with zero attached hydrogens (tertiary/aromatic N) is 4. The van der Waals surface area contributed by atoms with Crippen molar-refractivity contribution in [1.29, 1.82) is 5.26 Å². The summed E-state index contributed by atoms with van der Waals surface area (Å²) in [5.41, 5.74) is 3.13. The summed E-state index contributed by atoms with van der Waals surface area (Å²) in [5, 5.41) is 12.1. The molecular formula is C23H21N5O. The van der Waals surface area contributed by atoms with Crippen LogP contribution >= 0.6 is 0 Å². The Kier molecular flexibility index (Phi) is 5.39. The highest BCUT2D eigenvalue weighted by Crippen LogP contribution is 2.19. The lowest BCUT2D eigenvalue weighted by molar-refractivity contribution is 0.0746. The number of carbonyl (C=O) groups excluding carboxylic acids is 1. The van der Waals surface area contributed by atoms with Crippen LogP contribution in [-0.2, 0) is 0 Å². The molecule has 0 atom stereocenters. The second-order valence-corrected chi connectivity index (χ2v) is 6.86. The molecule has 1 aliphatic rings. The van der Waals surface area contributed by atoms with Gasteiger partial charge in [0, 0.05) is 43.8 Å². The molecule has 2 heterocycles. The minimum absolute atomic E-state index is 0.00300. The Bertz CT molecular complexity index is 1020. The van der Waals surface area contributed by atoms with Crippen LogP contribution in [0.3, 0.4) is 0 Å². The molecule has 29 heavy (non-hydrogen) atoms. The van der Waals surface area contributed by atoms with E-state index in [4.69, 9.17) is 5.26 Å². The first-order valence-electron chi connectivity index (χ1n) is 9.55. The molecule has 6 heteroatoms. The topological polar surface area (TPSA) is 72.3 Å². The molecule has 1 fully saturated rings. The summed E-state index contributed by atoms with van der Waals surface area (Å²) in [7, 11) is 0. The van der Waals surface area contributed by atoms with Crippen LogP contribution in [0.4, 0.5) is 17.2 Å². The van der Waals surface area contributed by atoms with Crippen LogP contribution in [-0.4, -0.2) is 42.0 Å². The molecule has 0 bridgehead atoms. The number of anilines is 3. The van der Waals surface area contributed by atoms with Crippen LogP contribution in [0.1, 0.15) is 15.9 Å². The molecule has 1 amide bonds. The fraction of sp³-hybridized carbons (Fsp3) is 0.174. The van der Waals surface area contributed by atoms with Gasteiger partial charge in [0.1, 0.15) is 5.82 Å². The highest BCUT2D eigenvalue weighted by Gasteiger charge is 2.22. The van der Waals surface area contributed by atoms with Crippen molar-refractivity contribution in [2.24, 2.45) is 0 Å². The highest BCUT2D eigenvalue weighted by molar-refractivity contribution is 5.94. The van der Waals surface area contributed by atoms with Crippen LogP contribution in [0.25, 0.3) is 0 Å². The predicted molar refractivity (Wildman–Crippen MR) is 113 cm³/mol. The number of nitriles is 1. The third kappa shape index (κ3) is 4.36. The Morgan fingerprint density at radius 2 is 1.76 bits per heavy atom. The number of amides is 1. The summed E-state index contributed by atoms with van der Waals surface area (Å²) >= 11 is 0. The molecule has 144 valence electrons. The average molecular weight is 383 g/mol. The molecule has 1 N–H and O–H groups in total. The van der Waals surface area contributed by atoms with Gasteiger partial charge in [-0.25, -0.2) is 4.98 Å². The number of pyridine rings is 1. The molecule has 0 radical (unpaired) electrons. The van der Waals surface area contributed by atoms with Crippen molar-refractivity contribution in [3.63, 3.8) is 0 Å². The van der Waals surface area contributed by atoms with Crippen molar-refractivity contribution in [2.45, 2.75) is 0 Å². The zero-order valence-corrected chi connectivity index (χ0v) is 16.0. The average Bonchev–Trinajstić information content (AvgIpc) is 2.80. The molecule has 4 rings (SSSR count). The number of rotatable bonds is 4. The summed E-state index contributed by atoms with van der Waals surface area (Å²) < 4.78 is 0. The lowest BCUT2D eigenvalue weighted by Gasteiger charge is -2.36. The minimum Gasteiger partial charge on any atom is -0.368 e. The number of piperazine rings is 1. The first-order chi connectivity index (χ1) is 14.2. The third-order valence-corrected chi connectivity index (χ3v) is 4.96. The van der Waals surface area contributed by atoms with Gasteiger partial charge in [-0.15, -0.1) is 0 Å². The number of hydrogen-bond donors (Lipinski definition) is 1. The summed E-state index contributed by atoms with van der Waals surface area (Å²) in [6.45, 7) is 3.01. The maximum absolute atomic E-state index is 12.8. The normalized spacial score (nSPS) is 13.6. The van der Waals surface area contributed by atoms with Crippen molar-refractivity contribution >= 4 is 23.1 Å². The number of nitrogens with one attached hydrogen (secondary N) is 1. The minimum atomic E-state index is 0.00300. The van der Waals surface area contributed by atoms with Gasteiger partial charge >= 0.3 is 0 Å². The molecule has 1 saturated heterocycles. The Labute approximate surface area is 170 Å². The van der Waals surface area contributed by atoms with Gasteiger partial charge in [-0.3, -0.25) is 4.79 Å². The molecule has 0 saturated carbocycles. The lowest BCUT2D eigenvalue weighted by Crippen LogP contribution is -2.48. The third-order valence-electron chi connectivity index (χ3n) is 4.96. The van der Waals surface area contributed by atoms with Crippen LogP contribution in [0, 0.1) is 11.3 Å². The zero-order chi connectivity index (χ0) is 20.1. The quantitative estimate of drug-likeness (QED) is 0.744. The number of hydrogen-bond acceptors (Lipinski definition) is 5. The molecule has 0 unspecified atom stereocenters. The van der Waals surface area contributed by atoms with Crippen LogP contribution in [0.2, 0.25) is 0 Å². The van der Waals surface area contributed by atoms with E-state index in [2.05, 4.69) is 33.4 Å². The Hall–Kier alpha value is -3.85. The zero-order valence-electron chi connectivity index (χ0n) is 16.0. The molecule has 6 nitrogen and oxygen atoms in total. The second-order valence-electron chi connectivity index (χ2n) is 6.86. The van der Waals surface area contributed by atoms with E-state index >= 15 is 0 Å². The highest BCUT2D eigenvalue weighted by atomic mass is 16.2. The molecular weight excluding hydrogens is 362 g/mol. The van der Waals surface area contributed by atoms with E-state index in [1.807, 2.05) is 35.2 Å². The molecule has 0 spiro atoms. The number of para-hydroxylation sites is 1. The fourth-order valence-electron chi connectivity index (χ4n) is 3.40. The van der Waals surface area contributed by atoms with E-state index in [1.54, 1.807) is 30.5 Å². The van der Waals surface area contributed by atoms with Crippen molar-refractivity contribution < 1.29 is 4.79 Å². The van der Waals surface area contributed by atoms with E-state index in [9.17, 15) is 4.79 Å². The van der Waals surface area contributed by atoms with E-state index < -0.39 is 0 Å². The molecule has 2 aromatic carbocycles. The van der Waals surface area contributed by atoms with Crippen molar-refractivity contribution in [2.75, 3.05) is 36.4 Å². The largest absolute Gasteiger partial charge is 0.368 e. The summed E-state index contributed by atoms with van der Waals surface area (Å²) in [6, 6.07) is 23.1. The van der Waals surface area contributed by atoms with Gasteiger partial charge in [0.2, 0.25) is 0 Å². The molecule has 3 aromatic rings. The summed E-state index contributed by atoms with van der Waals surface area (Å²) in [4.78, 5) is 21.3. The lowest BCUT2D eigenvalue weighted by atomic mass is 10.2. The Morgan fingerprint density at radius 1 is 0.966 bits per heavy atom. The number of benzene rings is 2. The van der Waals surface area contributed by atoms with Crippen molar-refractivity contribution in [3.8, 4) is 6.07 Å². The maximum Gasteiger partial charge on any atom is 0.255 e. The summed E-state index contributed by atoms with van der Waals surface area (Å²) in [5.74, 6) is 0.633. The molecule has 0 aliphatic carbocycles. The molecule has 1 aliphatic heterocycles. The SMILES string of the molecule is N#Cc1cccc(Nc2ccc(C(=O)N3CCN(c4ccccc4)CC3)cn2)c1. The van der Waals surface area contributed by atoms with E-state index in [1.165, 1.54) is 5.69 Å². The van der Waals surface area contributed by atoms with Gasteiger partial charge in [-0.2, -0.15) is 5.26 Å². The molecule has 1 aromatic heterocycles. The predicted octanol–water partition coefficient (Wildman–Crippen LogP) is 3.66. The van der Waals surface area contributed by atoms with Crippen LogP contribution in [0.5, 0.6) is 0 Å². The second kappa shape index (κ2) is 8.44. The standard InChI is InChI=1S/C23H21N5O/c24-16-18-5-4-6-20(15-18)26-22-10-9-19(17-25-22)23(29)28-13-11-27(12-14-28)21-7-2-1-3-8-21/h1-10,15,17H,11-14H2,(H,25,26). The number of aromatic nitrogens is 1. The van der Waals surface area contributed by atoms with Gasteiger partial charge in [0.05, 0.1) is 17.2 Å². The van der Waals surface area contributed by atoms with E-state index in [0.29, 0.717) is 30.0 Å². The van der Waals surface area contributed by atoms with Crippen molar-refractivity contribution in [3.05, 3.63) is 84.1 Å². The van der Waals surface area contributed by atoms with Gasteiger partial charge in [-0.05, 0) is 42.5 Å². The van der Waals surface area contributed by atoms with Gasteiger partial charge in [0.15, 0.2) is 0 Å². The van der Waals surface area contributed by atoms with Gasteiger partial charge in [-0.1, -0.05) is 24.3 Å². The van der Waals surface area contributed by atoms with Crippen LogP contribution < -0.4 is 10.2 Å². The van der Waals surface area contributed by atoms with Crippen molar-refractivity contribution in [1.82, 2.24) is 9.88 Å². The Morgan fingerprint density at radius 3 is 2.45 bits per heavy atom. The summed E-state index contributed by atoms with van der Waals surface area (Å²) in [6.07, 6.45) is 1.60. The first kappa shape index (κ1) is 18.5. The number of carbonyl (C=O) groups is 1. The fourth-order valence-corrected chi connectivity index (χ4v) is 3.40.